The molecule has 1 aliphatic rings. The number of nitrogens with zero attached hydrogens (tertiary/aromatic N) is 1. The summed E-state index contributed by atoms with van der Waals surface area (Å²) < 4.78 is 46.5. The highest BCUT2D eigenvalue weighted by Gasteiger charge is 2.45. The number of carbonyl (C=O) groups is 1. The quantitative estimate of drug-likeness (QED) is 0.284. The lowest BCUT2D eigenvalue weighted by atomic mass is 9.91. The second-order valence-electron chi connectivity index (χ2n) is 9.39. The molecule has 8 nitrogen and oxygen atoms in total. The highest BCUT2D eigenvalue weighted by molar-refractivity contribution is 7.92. The van der Waals surface area contributed by atoms with Crippen molar-refractivity contribution in [3.05, 3.63) is 108 Å². The van der Waals surface area contributed by atoms with Gasteiger partial charge in [0.25, 0.3) is 15.9 Å². The maximum absolute atomic E-state index is 14.2. The molecule has 1 amide bonds. The molecule has 0 spiro atoms. The number of ether oxygens (including phenoxy) is 3. The molecule has 0 bridgehead atoms. The molecule has 9 heteroatoms. The van der Waals surface area contributed by atoms with Gasteiger partial charge in [-0.2, -0.15) is 0 Å². The summed E-state index contributed by atoms with van der Waals surface area (Å²) in [7, 11) is 0.575. The summed E-state index contributed by atoms with van der Waals surface area (Å²) >= 11 is 0. The molecular formula is C31H30N2O6S. The second kappa shape index (κ2) is 10.9. The number of sulfonamides is 1. The van der Waals surface area contributed by atoms with Crippen molar-refractivity contribution in [2.24, 2.45) is 0 Å². The predicted molar refractivity (Wildman–Crippen MR) is 154 cm³/mol. The van der Waals surface area contributed by atoms with Gasteiger partial charge in [0, 0.05) is 17.5 Å². The lowest BCUT2D eigenvalue weighted by Crippen LogP contribution is -2.33. The molecule has 1 heterocycles. The maximum atomic E-state index is 14.2. The Morgan fingerprint density at radius 1 is 0.775 bits per heavy atom. The zero-order valence-corrected chi connectivity index (χ0v) is 23.4. The van der Waals surface area contributed by atoms with Crippen LogP contribution in [0.5, 0.6) is 17.2 Å². The molecule has 0 radical (unpaired) electrons. The molecule has 40 heavy (non-hydrogen) atoms. The van der Waals surface area contributed by atoms with Crippen LogP contribution in [0.3, 0.4) is 0 Å². The summed E-state index contributed by atoms with van der Waals surface area (Å²) in [6.07, 6.45) is 0. The third-order valence-corrected chi connectivity index (χ3v) is 8.95. The van der Waals surface area contributed by atoms with E-state index >= 15 is 0 Å². The zero-order chi connectivity index (χ0) is 28.4. The first-order valence-electron chi connectivity index (χ1n) is 12.7. The van der Waals surface area contributed by atoms with Gasteiger partial charge in [-0.1, -0.05) is 49.4 Å². The number of fused-ring (bicyclic) bond motifs is 1. The fraction of sp³-hybridized carbons (Fsp3) is 0.194. The standard InChI is InChI=1S/C31H30N2O6S/c1-20-24-18-25(32-31(34)21-11-7-5-8-12-21)28(38-3)19-26(24)33(40(35,36)23-13-9-6-10-14-23)30(20)22-15-16-27(37-2)29(17-22)39-4/h5-20,30H,1-4H3,(H,32,34)/t20-,30-/m0/s1. The Bertz CT molecular complexity index is 1640. The van der Waals surface area contributed by atoms with Gasteiger partial charge in [0.05, 0.1) is 43.6 Å². The smallest absolute Gasteiger partial charge is 0.264 e. The Balaban J connectivity index is 1.67. The first kappa shape index (κ1) is 27.1. The summed E-state index contributed by atoms with van der Waals surface area (Å²) in [5.41, 5.74) is 2.91. The third-order valence-electron chi connectivity index (χ3n) is 7.14. The Morgan fingerprint density at radius 2 is 1.40 bits per heavy atom. The van der Waals surface area contributed by atoms with Crippen LogP contribution in [-0.4, -0.2) is 35.7 Å². The Labute approximate surface area is 234 Å². The number of methoxy groups -OCH3 is 3. The number of amides is 1. The normalized spacial score (nSPS) is 16.2. The van der Waals surface area contributed by atoms with Crippen LogP contribution in [0, 0.1) is 0 Å². The highest BCUT2D eigenvalue weighted by Crippen LogP contribution is 2.54. The zero-order valence-electron chi connectivity index (χ0n) is 22.6. The van der Waals surface area contributed by atoms with Crippen LogP contribution >= 0.6 is 0 Å². The van der Waals surface area contributed by atoms with Crippen molar-refractivity contribution in [1.82, 2.24) is 0 Å². The molecule has 0 fully saturated rings. The fourth-order valence-corrected chi connectivity index (χ4v) is 6.91. The molecule has 5 rings (SSSR count). The molecule has 2 atom stereocenters. The number of hydrogen-bond donors (Lipinski definition) is 1. The first-order chi connectivity index (χ1) is 19.3. The number of benzene rings is 4. The van der Waals surface area contributed by atoms with Crippen LogP contribution in [-0.2, 0) is 10.0 Å². The number of hydrogen-bond acceptors (Lipinski definition) is 6. The van der Waals surface area contributed by atoms with Crippen molar-refractivity contribution in [2.75, 3.05) is 31.0 Å². The summed E-state index contributed by atoms with van der Waals surface area (Å²) in [4.78, 5) is 13.2. The van der Waals surface area contributed by atoms with Crippen LogP contribution in [0.15, 0.2) is 95.9 Å². The number of anilines is 2. The average Bonchev–Trinajstić information content (AvgIpc) is 3.28. The molecule has 206 valence electrons. The molecule has 4 aromatic carbocycles. The van der Waals surface area contributed by atoms with E-state index in [0.29, 0.717) is 34.2 Å². The van der Waals surface area contributed by atoms with E-state index in [1.54, 1.807) is 93.1 Å². The van der Waals surface area contributed by atoms with Crippen molar-refractivity contribution in [3.63, 3.8) is 0 Å². The van der Waals surface area contributed by atoms with Gasteiger partial charge < -0.3 is 19.5 Å². The van der Waals surface area contributed by atoms with Gasteiger partial charge in [-0.3, -0.25) is 9.10 Å². The van der Waals surface area contributed by atoms with Crippen molar-refractivity contribution in [1.29, 1.82) is 0 Å². The Hall–Kier alpha value is -4.50. The minimum atomic E-state index is -4.00. The molecule has 0 saturated carbocycles. The van der Waals surface area contributed by atoms with Crippen molar-refractivity contribution < 1.29 is 27.4 Å². The predicted octanol–water partition coefficient (Wildman–Crippen LogP) is 6.02. The SMILES string of the molecule is COc1cc2c(cc1NC(=O)c1ccccc1)[C@H](C)[C@@H](c1ccc(OC)c(OC)c1)N2S(=O)(=O)c1ccccc1. The van der Waals surface area contributed by atoms with Crippen molar-refractivity contribution in [2.45, 2.75) is 23.8 Å². The molecular weight excluding hydrogens is 528 g/mol. The van der Waals surface area contributed by atoms with E-state index in [1.807, 2.05) is 19.1 Å². The van der Waals surface area contributed by atoms with E-state index in [4.69, 9.17) is 14.2 Å². The summed E-state index contributed by atoms with van der Waals surface area (Å²) in [6, 6.07) is 25.5. The van der Waals surface area contributed by atoms with Crippen LogP contribution < -0.4 is 23.8 Å². The third kappa shape index (κ3) is 4.73. The van der Waals surface area contributed by atoms with E-state index in [-0.39, 0.29) is 16.7 Å². The molecule has 1 N–H and O–H groups in total. The lowest BCUT2D eigenvalue weighted by molar-refractivity contribution is 0.102. The largest absolute Gasteiger partial charge is 0.494 e. The van der Waals surface area contributed by atoms with Crippen molar-refractivity contribution in [3.8, 4) is 17.2 Å². The molecule has 0 unspecified atom stereocenters. The van der Waals surface area contributed by atoms with Crippen LogP contribution in [0.25, 0.3) is 0 Å². The van der Waals surface area contributed by atoms with E-state index in [2.05, 4.69) is 5.32 Å². The fourth-order valence-electron chi connectivity index (χ4n) is 5.16. The monoisotopic (exact) mass is 558 g/mol. The summed E-state index contributed by atoms with van der Waals surface area (Å²) in [6.45, 7) is 1.97. The van der Waals surface area contributed by atoms with Crippen LogP contribution in [0.4, 0.5) is 11.4 Å². The Kier molecular flexibility index (Phi) is 7.40. The van der Waals surface area contributed by atoms with E-state index in [9.17, 15) is 13.2 Å². The average molecular weight is 559 g/mol. The summed E-state index contributed by atoms with van der Waals surface area (Å²) in [5.74, 6) is 0.795. The number of carbonyl (C=O) groups excluding carboxylic acids is 1. The van der Waals surface area contributed by atoms with E-state index in [0.717, 1.165) is 11.1 Å². The van der Waals surface area contributed by atoms with Gasteiger partial charge in [-0.15, -0.1) is 0 Å². The molecule has 0 saturated heterocycles. The van der Waals surface area contributed by atoms with Gasteiger partial charge in [0.1, 0.15) is 5.75 Å². The van der Waals surface area contributed by atoms with Crippen LogP contribution in [0.1, 0.15) is 40.4 Å². The number of rotatable bonds is 8. The minimum Gasteiger partial charge on any atom is -0.494 e. The Morgan fingerprint density at radius 3 is 2.02 bits per heavy atom. The first-order valence-corrected chi connectivity index (χ1v) is 14.1. The topological polar surface area (TPSA) is 94.2 Å². The van der Waals surface area contributed by atoms with Gasteiger partial charge in [0.2, 0.25) is 0 Å². The molecule has 1 aliphatic heterocycles. The van der Waals surface area contributed by atoms with Crippen molar-refractivity contribution >= 4 is 27.3 Å². The maximum Gasteiger partial charge on any atom is 0.264 e. The molecule has 0 aliphatic carbocycles. The minimum absolute atomic E-state index is 0.168. The molecule has 4 aromatic rings. The lowest BCUT2D eigenvalue weighted by Gasteiger charge is -2.29. The van der Waals surface area contributed by atoms with Gasteiger partial charge in [-0.05, 0) is 53.6 Å². The van der Waals surface area contributed by atoms with E-state index < -0.39 is 16.1 Å². The summed E-state index contributed by atoms with van der Waals surface area (Å²) in [5, 5.41) is 2.93. The molecule has 0 aromatic heterocycles. The van der Waals surface area contributed by atoms with Gasteiger partial charge >= 0.3 is 0 Å². The second-order valence-corrected chi connectivity index (χ2v) is 11.2. The number of nitrogens with one attached hydrogen (secondary N) is 1. The van der Waals surface area contributed by atoms with Gasteiger partial charge in [-0.25, -0.2) is 8.42 Å². The van der Waals surface area contributed by atoms with Crippen LogP contribution in [0.2, 0.25) is 0 Å². The van der Waals surface area contributed by atoms with Gasteiger partial charge in [0.15, 0.2) is 11.5 Å². The highest BCUT2D eigenvalue weighted by atomic mass is 32.2. The van der Waals surface area contributed by atoms with E-state index in [1.165, 1.54) is 11.4 Å².